The Morgan fingerprint density at radius 2 is 0.891 bits per heavy atom. The summed E-state index contributed by atoms with van der Waals surface area (Å²) in [5, 5.41) is 59.4. The Labute approximate surface area is 351 Å². The molecule has 0 fully saturated rings. The molecule has 0 atom stereocenters. The minimum Gasteiger partial charge on any atom is -0.744 e. The van der Waals surface area contributed by atoms with Crippen molar-refractivity contribution in [2.75, 3.05) is 0 Å². The standard InChI is InChI=1S/2C17H13N3O6S.Ba/c2*1-10-6-7-12(9-14(10)20(22)23)18-19-16-13-5-3-2-4-11(13)8-15(17(16)21)27(24,25)26;/h2*2-9,21H,1H3,(H,24,25,26);/q;;+2/p-2. The van der Waals surface area contributed by atoms with Gasteiger partial charge in [0.25, 0.3) is 11.4 Å². The van der Waals surface area contributed by atoms with E-state index in [1.54, 1.807) is 62.4 Å². The number of nitrogens with zero attached hydrogens (tertiary/aromatic N) is 6. The summed E-state index contributed by atoms with van der Waals surface area (Å²) in [6.45, 7) is 3.14. The zero-order chi connectivity index (χ0) is 39.5. The third kappa shape index (κ3) is 9.75. The van der Waals surface area contributed by atoms with E-state index in [4.69, 9.17) is 0 Å². The number of aryl methyl sites for hydroxylation is 2. The molecule has 0 radical (unpaired) electrons. The van der Waals surface area contributed by atoms with Gasteiger partial charge in [-0.2, -0.15) is 10.2 Å². The average molecular weight is 910 g/mol. The number of fused-ring (bicyclic) bond motifs is 2. The molecular weight excluding hydrogens is 886 g/mol. The number of azo groups is 2. The molecule has 18 nitrogen and oxygen atoms in total. The molecule has 0 aromatic heterocycles. The topological polar surface area (TPSA) is 291 Å². The van der Waals surface area contributed by atoms with E-state index in [-0.39, 0.29) is 83.0 Å². The van der Waals surface area contributed by atoms with Crippen LogP contribution in [0.2, 0.25) is 0 Å². The zero-order valence-electron chi connectivity index (χ0n) is 28.4. The van der Waals surface area contributed by atoms with Gasteiger partial charge in [0.2, 0.25) is 0 Å². The fraction of sp³-hybridized carbons (Fsp3) is 0.0588. The van der Waals surface area contributed by atoms with Crippen LogP contribution >= 0.6 is 0 Å². The second-order valence-corrected chi connectivity index (χ2v) is 14.0. The first-order chi connectivity index (χ1) is 25.4. The van der Waals surface area contributed by atoms with Crippen molar-refractivity contribution in [3.63, 3.8) is 0 Å². The summed E-state index contributed by atoms with van der Waals surface area (Å²) < 4.78 is 68.5. The Morgan fingerprint density at radius 3 is 1.22 bits per heavy atom. The number of hydrogen-bond acceptors (Lipinski definition) is 16. The van der Waals surface area contributed by atoms with Crippen molar-refractivity contribution < 1.29 is 46.0 Å². The molecule has 276 valence electrons. The van der Waals surface area contributed by atoms with Crippen molar-refractivity contribution in [2.45, 2.75) is 23.6 Å². The van der Waals surface area contributed by atoms with Crippen LogP contribution in [0.4, 0.5) is 34.1 Å². The average Bonchev–Trinajstić information content (AvgIpc) is 3.10. The number of hydrogen-bond donors (Lipinski definition) is 2. The van der Waals surface area contributed by atoms with E-state index in [9.17, 15) is 56.4 Å². The van der Waals surface area contributed by atoms with Gasteiger partial charge >= 0.3 is 48.9 Å². The predicted molar refractivity (Wildman–Crippen MR) is 197 cm³/mol. The fourth-order valence-electron chi connectivity index (χ4n) is 5.10. The molecule has 0 bridgehead atoms. The molecule has 0 aliphatic rings. The SMILES string of the molecule is Cc1ccc(N=Nc2c(O)c(S(=O)(=O)[O-])cc3ccccc23)cc1[N+](=O)[O-].Cc1ccc(N=Nc2c(O)c(S(=O)(=O)[O-])cc3ccccc23)cc1[N+](=O)[O-].[Ba+2]. The molecule has 2 N–H and O–H groups in total. The first-order valence-corrected chi connectivity index (χ1v) is 17.9. The molecule has 0 amide bonds. The molecule has 21 heteroatoms. The van der Waals surface area contributed by atoms with E-state index in [2.05, 4.69) is 20.5 Å². The Hall–Kier alpha value is -5.17. The van der Waals surface area contributed by atoms with E-state index in [0.717, 1.165) is 12.1 Å². The maximum atomic E-state index is 11.4. The molecule has 6 aromatic carbocycles. The number of benzene rings is 6. The van der Waals surface area contributed by atoms with Crippen LogP contribution in [0.1, 0.15) is 11.1 Å². The van der Waals surface area contributed by atoms with E-state index in [1.165, 1.54) is 36.4 Å². The Morgan fingerprint density at radius 1 is 0.545 bits per heavy atom. The van der Waals surface area contributed by atoms with Crippen LogP contribution in [-0.2, 0) is 20.2 Å². The molecule has 0 saturated heterocycles. The van der Waals surface area contributed by atoms with Gasteiger partial charge in [0.05, 0.1) is 31.0 Å². The third-order valence-corrected chi connectivity index (χ3v) is 9.47. The first kappa shape index (κ1) is 42.6. The minimum atomic E-state index is -4.94. The molecule has 0 heterocycles. The van der Waals surface area contributed by atoms with E-state index >= 15 is 0 Å². The van der Waals surface area contributed by atoms with E-state index in [1.807, 2.05) is 0 Å². The summed E-state index contributed by atoms with van der Waals surface area (Å²) in [6, 6.07) is 23.3. The Balaban J connectivity index is 0.000000240. The van der Waals surface area contributed by atoms with Gasteiger partial charge in [0.15, 0.2) is 11.5 Å². The molecule has 55 heavy (non-hydrogen) atoms. The summed E-state index contributed by atoms with van der Waals surface area (Å²) in [4.78, 5) is 19.3. The third-order valence-electron chi connectivity index (χ3n) is 7.77. The van der Waals surface area contributed by atoms with Crippen LogP contribution in [0.15, 0.2) is 127 Å². The van der Waals surface area contributed by atoms with Crippen LogP contribution in [0.5, 0.6) is 11.5 Å². The van der Waals surface area contributed by atoms with Crippen LogP contribution in [-0.4, -0.2) is 94.9 Å². The largest absolute Gasteiger partial charge is 2.00 e. The van der Waals surface area contributed by atoms with Gasteiger partial charge in [-0.15, -0.1) is 10.2 Å². The van der Waals surface area contributed by atoms with Gasteiger partial charge in [-0.25, -0.2) is 16.8 Å². The summed E-state index contributed by atoms with van der Waals surface area (Å²) in [6.07, 6.45) is 0. The second-order valence-electron chi connectivity index (χ2n) is 11.4. The van der Waals surface area contributed by atoms with E-state index in [0.29, 0.717) is 32.7 Å². The molecule has 0 aliphatic carbocycles. The molecule has 0 spiro atoms. The number of phenols is 2. The van der Waals surface area contributed by atoms with Gasteiger partial charge < -0.3 is 19.3 Å². The number of nitro benzene ring substituents is 2. The molecular formula is C34H24BaN6O12S2. The van der Waals surface area contributed by atoms with Gasteiger partial charge in [-0.1, -0.05) is 60.7 Å². The van der Waals surface area contributed by atoms with Crippen LogP contribution in [0, 0.1) is 34.1 Å². The minimum absolute atomic E-state index is 0. The van der Waals surface area contributed by atoms with Crippen LogP contribution in [0.25, 0.3) is 21.5 Å². The van der Waals surface area contributed by atoms with Crippen molar-refractivity contribution in [1.82, 2.24) is 0 Å². The van der Waals surface area contributed by atoms with Crippen molar-refractivity contribution in [1.29, 1.82) is 0 Å². The molecule has 6 aromatic rings. The number of nitro groups is 2. The van der Waals surface area contributed by atoms with Crippen LogP contribution in [0.3, 0.4) is 0 Å². The molecule has 6 rings (SSSR count). The summed E-state index contributed by atoms with van der Waals surface area (Å²) in [7, 11) is -9.89. The normalized spacial score (nSPS) is 11.7. The zero-order valence-corrected chi connectivity index (χ0v) is 34.5. The quantitative estimate of drug-likeness (QED) is 0.0486. The predicted octanol–water partition coefficient (Wildman–Crippen LogP) is 7.78. The van der Waals surface area contributed by atoms with Gasteiger partial charge in [0.1, 0.15) is 31.6 Å². The Kier molecular flexibility index (Phi) is 13.2. The second kappa shape index (κ2) is 17.1. The first-order valence-electron chi connectivity index (χ1n) is 15.1. The van der Waals surface area contributed by atoms with Gasteiger partial charge in [-0.3, -0.25) is 20.2 Å². The van der Waals surface area contributed by atoms with E-state index < -0.39 is 51.4 Å². The van der Waals surface area contributed by atoms with Crippen molar-refractivity contribution in [3.8, 4) is 11.5 Å². The molecule has 0 saturated carbocycles. The fourth-order valence-corrected chi connectivity index (χ4v) is 6.31. The smallest absolute Gasteiger partial charge is 0.744 e. The monoisotopic (exact) mass is 910 g/mol. The maximum absolute atomic E-state index is 11.4. The number of rotatable bonds is 8. The van der Waals surface area contributed by atoms with Crippen LogP contribution < -0.4 is 0 Å². The molecule has 0 aliphatic heterocycles. The number of phenolic OH excluding ortho intramolecular Hbond substituents is 2. The van der Waals surface area contributed by atoms with Crippen molar-refractivity contribution >= 4 is 125 Å². The maximum Gasteiger partial charge on any atom is 2.00 e. The summed E-state index contributed by atoms with van der Waals surface area (Å²) in [5.74, 6) is -1.65. The Bertz CT molecular complexity index is 2610. The summed E-state index contributed by atoms with van der Waals surface area (Å²) in [5.41, 5.74) is 0.389. The van der Waals surface area contributed by atoms with Gasteiger partial charge in [0, 0.05) is 34.0 Å². The number of aromatic hydroxyl groups is 2. The van der Waals surface area contributed by atoms with Crippen molar-refractivity contribution in [3.05, 3.63) is 128 Å². The van der Waals surface area contributed by atoms with Gasteiger partial charge in [-0.05, 0) is 48.9 Å². The van der Waals surface area contributed by atoms with Crippen molar-refractivity contribution in [2.24, 2.45) is 20.5 Å². The summed E-state index contributed by atoms with van der Waals surface area (Å²) >= 11 is 0. The molecule has 0 unspecified atom stereocenters.